The Bertz CT molecular complexity index is 23.7. The summed E-state index contributed by atoms with van der Waals surface area (Å²) in [4.78, 5) is 0. The molecule has 3 heteroatoms. The molecule has 0 rings (SSSR count). The zero-order valence-electron chi connectivity index (χ0n) is 4.49. The summed E-state index contributed by atoms with van der Waals surface area (Å²) in [7, 11) is 1.00. The van der Waals surface area contributed by atoms with Gasteiger partial charge in [0.15, 0.2) is 0 Å². The van der Waals surface area contributed by atoms with Gasteiger partial charge in [-0.1, -0.05) is 38.8 Å². The van der Waals surface area contributed by atoms with Crippen molar-refractivity contribution in [3.05, 3.63) is 0 Å². The number of hydrogen-bond acceptors (Lipinski definition) is 1. The molecule has 0 fully saturated rings. The maximum Gasteiger partial charge on any atom is 0.0695 e. The highest BCUT2D eigenvalue weighted by Gasteiger charge is 1.85. The van der Waals surface area contributed by atoms with E-state index in [4.69, 9.17) is 5.11 Å². The Hall–Kier alpha value is 0.920. The van der Waals surface area contributed by atoms with Gasteiger partial charge in [0, 0.05) is 7.11 Å². The zero-order valence-corrected chi connectivity index (χ0v) is 7.66. The van der Waals surface area contributed by atoms with E-state index in [1.54, 1.807) is 0 Å². The van der Waals surface area contributed by atoms with E-state index in [2.05, 4.69) is 38.8 Å². The summed E-state index contributed by atoms with van der Waals surface area (Å²) in [5.74, 6) is 0. The van der Waals surface area contributed by atoms with Crippen LogP contribution in [0.25, 0.3) is 0 Å². The van der Waals surface area contributed by atoms with Crippen LogP contribution in [0.1, 0.15) is 13.3 Å². The molecule has 0 unspecified atom stereocenters. The summed E-state index contributed by atoms with van der Waals surface area (Å²) in [5.41, 5.74) is 0. The molecule has 1 nitrogen and oxygen atoms in total. The van der Waals surface area contributed by atoms with Crippen LogP contribution in [0.4, 0.5) is 0 Å². The largest absolute Gasteiger partial charge is 0.400 e. The van der Waals surface area contributed by atoms with E-state index < -0.39 is 0 Å². The first-order chi connectivity index (χ1) is 3.27. The summed E-state index contributed by atoms with van der Waals surface area (Å²) in [6.07, 6.45) is 1.14. The van der Waals surface area contributed by atoms with Crippen molar-refractivity contribution in [2.24, 2.45) is 0 Å². The SMILES string of the molecule is CCC(Br)Br.CO. The summed E-state index contributed by atoms with van der Waals surface area (Å²) >= 11 is 6.58. The van der Waals surface area contributed by atoms with Crippen LogP contribution in [0.15, 0.2) is 0 Å². The predicted octanol–water partition coefficient (Wildman–Crippen LogP) is 2.12. The van der Waals surface area contributed by atoms with Gasteiger partial charge in [-0.15, -0.1) is 0 Å². The Morgan fingerprint density at radius 1 is 1.43 bits per heavy atom. The number of alkyl halides is 2. The molecule has 0 bridgehead atoms. The summed E-state index contributed by atoms with van der Waals surface area (Å²) < 4.78 is 0.509. The van der Waals surface area contributed by atoms with Gasteiger partial charge in [0.05, 0.1) is 3.74 Å². The molecule has 0 aliphatic carbocycles. The lowest BCUT2D eigenvalue weighted by Crippen LogP contribution is -1.73. The van der Waals surface area contributed by atoms with E-state index in [9.17, 15) is 0 Å². The third kappa shape index (κ3) is 19.6. The van der Waals surface area contributed by atoms with E-state index in [1.165, 1.54) is 0 Å². The van der Waals surface area contributed by atoms with Gasteiger partial charge in [0.1, 0.15) is 0 Å². The molecule has 0 aromatic heterocycles. The molecule has 0 aliphatic rings. The highest BCUT2D eigenvalue weighted by atomic mass is 79.9. The van der Waals surface area contributed by atoms with Gasteiger partial charge in [0.25, 0.3) is 0 Å². The van der Waals surface area contributed by atoms with Crippen LogP contribution in [0.5, 0.6) is 0 Å². The second kappa shape index (κ2) is 10.0. The second-order valence-corrected chi connectivity index (χ2v) is 4.24. The van der Waals surface area contributed by atoms with Crippen molar-refractivity contribution in [2.45, 2.75) is 17.1 Å². The first-order valence-electron chi connectivity index (χ1n) is 2.00. The maximum absolute atomic E-state index is 7.00. The molecular weight excluding hydrogens is 224 g/mol. The number of hydrogen-bond donors (Lipinski definition) is 1. The van der Waals surface area contributed by atoms with E-state index >= 15 is 0 Å². The Balaban J connectivity index is 0. The third-order valence-electron chi connectivity index (χ3n) is 0.309. The quantitative estimate of drug-likeness (QED) is 0.689. The molecule has 0 heterocycles. The molecule has 0 aromatic carbocycles. The van der Waals surface area contributed by atoms with Crippen molar-refractivity contribution in [3.63, 3.8) is 0 Å². The highest BCUT2D eigenvalue weighted by Crippen LogP contribution is 2.10. The van der Waals surface area contributed by atoms with Gasteiger partial charge < -0.3 is 5.11 Å². The molecule has 0 aliphatic heterocycles. The van der Waals surface area contributed by atoms with Crippen molar-refractivity contribution in [3.8, 4) is 0 Å². The Kier molecular flexibility index (Phi) is 15.5. The van der Waals surface area contributed by atoms with Crippen LogP contribution in [0, 0.1) is 0 Å². The van der Waals surface area contributed by atoms with Crippen molar-refractivity contribution >= 4 is 31.9 Å². The van der Waals surface area contributed by atoms with E-state index in [0.717, 1.165) is 13.5 Å². The van der Waals surface area contributed by atoms with E-state index in [1.807, 2.05) is 0 Å². The lowest BCUT2D eigenvalue weighted by atomic mass is 10.6. The average Bonchev–Trinajstić information content (AvgIpc) is 1.73. The summed E-state index contributed by atoms with van der Waals surface area (Å²) in [6, 6.07) is 0. The molecule has 0 atom stereocenters. The molecule has 7 heavy (non-hydrogen) atoms. The molecular formula is C4H10Br2O. The molecule has 46 valence electrons. The number of aliphatic hydroxyl groups is 1. The molecule has 0 radical (unpaired) electrons. The topological polar surface area (TPSA) is 20.2 Å². The van der Waals surface area contributed by atoms with Crippen LogP contribution >= 0.6 is 31.9 Å². The molecule has 0 saturated heterocycles. The minimum absolute atomic E-state index is 0.509. The molecule has 0 amide bonds. The van der Waals surface area contributed by atoms with Gasteiger partial charge >= 0.3 is 0 Å². The van der Waals surface area contributed by atoms with Gasteiger partial charge in [-0.25, -0.2) is 0 Å². The number of halogens is 2. The molecule has 0 spiro atoms. The average molecular weight is 234 g/mol. The number of aliphatic hydroxyl groups excluding tert-OH is 1. The smallest absolute Gasteiger partial charge is 0.0695 e. The molecule has 1 N–H and O–H groups in total. The lowest BCUT2D eigenvalue weighted by molar-refractivity contribution is 0.399. The van der Waals surface area contributed by atoms with Crippen LogP contribution in [0.2, 0.25) is 0 Å². The second-order valence-electron chi connectivity index (χ2n) is 0.799. The van der Waals surface area contributed by atoms with Crippen molar-refractivity contribution in [1.82, 2.24) is 0 Å². The lowest BCUT2D eigenvalue weighted by Gasteiger charge is -1.85. The van der Waals surface area contributed by atoms with Gasteiger partial charge in [0.2, 0.25) is 0 Å². The number of rotatable bonds is 1. The monoisotopic (exact) mass is 232 g/mol. The normalized spacial score (nSPS) is 7.71. The summed E-state index contributed by atoms with van der Waals surface area (Å²) in [5, 5.41) is 7.00. The third-order valence-corrected chi connectivity index (χ3v) is 1.60. The van der Waals surface area contributed by atoms with Gasteiger partial charge in [-0.2, -0.15) is 0 Å². The minimum Gasteiger partial charge on any atom is -0.400 e. The predicted molar refractivity (Wildman–Crippen MR) is 40.1 cm³/mol. The van der Waals surface area contributed by atoms with Crippen molar-refractivity contribution in [2.75, 3.05) is 7.11 Å². The van der Waals surface area contributed by atoms with Crippen LogP contribution in [-0.2, 0) is 0 Å². The fraction of sp³-hybridized carbons (Fsp3) is 1.00. The Labute approximate surface area is 61.4 Å². The standard InChI is InChI=1S/C3H6Br2.CH4O/c1-2-3(4)5;1-2/h3H,2H2,1H3;2H,1H3. The summed E-state index contributed by atoms with van der Waals surface area (Å²) in [6.45, 7) is 2.11. The minimum atomic E-state index is 0.509. The fourth-order valence-corrected chi connectivity index (χ4v) is 0. The van der Waals surface area contributed by atoms with E-state index in [0.29, 0.717) is 3.74 Å². The van der Waals surface area contributed by atoms with Crippen molar-refractivity contribution in [1.29, 1.82) is 0 Å². The van der Waals surface area contributed by atoms with Crippen LogP contribution in [0.3, 0.4) is 0 Å². The van der Waals surface area contributed by atoms with Gasteiger partial charge in [-0.05, 0) is 6.42 Å². The highest BCUT2D eigenvalue weighted by molar-refractivity contribution is 9.24. The molecule has 0 aromatic rings. The Morgan fingerprint density at radius 3 is 1.57 bits per heavy atom. The van der Waals surface area contributed by atoms with Gasteiger partial charge in [-0.3, -0.25) is 0 Å². The zero-order chi connectivity index (χ0) is 6.28. The maximum atomic E-state index is 7.00. The molecule has 0 saturated carbocycles. The fourth-order valence-electron chi connectivity index (χ4n) is 0. The van der Waals surface area contributed by atoms with Crippen LogP contribution < -0.4 is 0 Å². The Morgan fingerprint density at radius 2 is 1.57 bits per heavy atom. The first-order valence-corrected chi connectivity index (χ1v) is 3.83. The first kappa shape index (κ1) is 10.8. The van der Waals surface area contributed by atoms with Crippen molar-refractivity contribution < 1.29 is 5.11 Å². The van der Waals surface area contributed by atoms with Crippen LogP contribution in [-0.4, -0.2) is 16.0 Å². The van der Waals surface area contributed by atoms with E-state index in [-0.39, 0.29) is 0 Å².